The van der Waals surface area contributed by atoms with E-state index in [1.54, 1.807) is 25.3 Å². The summed E-state index contributed by atoms with van der Waals surface area (Å²) in [5.74, 6) is 0.725. The number of anilines is 1. The molecule has 1 fully saturated rings. The van der Waals surface area contributed by atoms with Crippen LogP contribution >= 0.6 is 0 Å². The molecule has 140 valence electrons. The molecule has 2 rings (SSSR count). The van der Waals surface area contributed by atoms with Crippen molar-refractivity contribution in [3.8, 4) is 11.5 Å². The number of carbonyl (C=O) groups excluding carboxylic acids is 1. The van der Waals surface area contributed by atoms with Crippen LogP contribution < -0.4 is 14.8 Å². The molecule has 25 heavy (non-hydrogen) atoms. The van der Waals surface area contributed by atoms with Gasteiger partial charge in [0.1, 0.15) is 0 Å². The maximum atomic E-state index is 12.5. The average Bonchev–Trinajstić information content (AvgIpc) is 3.11. The molecule has 0 aromatic heterocycles. The molecule has 1 unspecified atom stereocenters. The highest BCUT2D eigenvalue weighted by molar-refractivity contribution is 7.89. The quantitative estimate of drug-likeness (QED) is 0.757. The van der Waals surface area contributed by atoms with Gasteiger partial charge in [0.05, 0.1) is 25.9 Å². The third kappa shape index (κ3) is 4.85. The van der Waals surface area contributed by atoms with Crippen LogP contribution in [-0.2, 0) is 14.8 Å². The van der Waals surface area contributed by atoms with Gasteiger partial charge in [-0.15, -0.1) is 0 Å². The molecule has 1 N–H and O–H groups in total. The average molecular weight is 370 g/mol. The molecule has 1 aromatic carbocycles. The third-order valence-corrected chi connectivity index (χ3v) is 6.25. The number of unbranched alkanes of at least 4 members (excludes halogenated alkanes) is 1. The highest BCUT2D eigenvalue weighted by Gasteiger charge is 2.34. The van der Waals surface area contributed by atoms with E-state index >= 15 is 0 Å². The molecule has 8 heteroatoms. The van der Waals surface area contributed by atoms with Crippen LogP contribution in [0, 0.1) is 5.92 Å². The summed E-state index contributed by atoms with van der Waals surface area (Å²) in [6.45, 7) is 2.60. The Bertz CT molecular complexity index is 705. The van der Waals surface area contributed by atoms with E-state index < -0.39 is 10.0 Å². The van der Waals surface area contributed by atoms with Crippen LogP contribution in [0.2, 0.25) is 0 Å². The van der Waals surface area contributed by atoms with Gasteiger partial charge in [-0.3, -0.25) is 4.79 Å². The smallest absolute Gasteiger partial charge is 0.228 e. The maximum absolute atomic E-state index is 12.5. The summed E-state index contributed by atoms with van der Waals surface area (Å²) in [5.41, 5.74) is 0.593. The van der Waals surface area contributed by atoms with Gasteiger partial charge in [0.25, 0.3) is 0 Å². The van der Waals surface area contributed by atoms with E-state index in [1.165, 1.54) is 11.4 Å². The minimum atomic E-state index is -3.26. The molecule has 0 aliphatic carbocycles. The van der Waals surface area contributed by atoms with E-state index in [2.05, 4.69) is 5.32 Å². The Balaban J connectivity index is 1.98. The first kappa shape index (κ1) is 19.5. The Hall–Kier alpha value is -1.80. The Morgan fingerprint density at radius 2 is 2.00 bits per heavy atom. The topological polar surface area (TPSA) is 84.9 Å². The molecule has 7 nitrogen and oxygen atoms in total. The van der Waals surface area contributed by atoms with Crippen molar-refractivity contribution < 1.29 is 22.7 Å². The van der Waals surface area contributed by atoms with Crippen molar-refractivity contribution in [2.45, 2.75) is 26.2 Å². The maximum Gasteiger partial charge on any atom is 0.228 e. The SMILES string of the molecule is CCCCS(=O)(=O)N1CCC(C(=O)Nc2ccc(OC)c(OC)c2)C1. The van der Waals surface area contributed by atoms with Gasteiger partial charge in [-0.1, -0.05) is 13.3 Å². The van der Waals surface area contributed by atoms with Crippen LogP contribution in [0.4, 0.5) is 5.69 Å². The zero-order valence-electron chi connectivity index (χ0n) is 14.9. The molecule has 1 aromatic rings. The summed E-state index contributed by atoms with van der Waals surface area (Å²) >= 11 is 0. The number of ether oxygens (including phenoxy) is 2. The minimum Gasteiger partial charge on any atom is -0.493 e. The zero-order chi connectivity index (χ0) is 18.4. The molecule has 0 spiro atoms. The van der Waals surface area contributed by atoms with Crippen molar-refractivity contribution in [1.82, 2.24) is 4.31 Å². The summed E-state index contributed by atoms with van der Waals surface area (Å²) in [4.78, 5) is 12.5. The van der Waals surface area contributed by atoms with Crippen LogP contribution in [-0.4, -0.2) is 51.7 Å². The Morgan fingerprint density at radius 3 is 2.64 bits per heavy atom. The summed E-state index contributed by atoms with van der Waals surface area (Å²) in [6.07, 6.45) is 2.00. The normalized spacial score (nSPS) is 18.1. The highest BCUT2D eigenvalue weighted by Crippen LogP contribution is 2.30. The van der Waals surface area contributed by atoms with Gasteiger partial charge in [-0.05, 0) is 25.0 Å². The number of sulfonamides is 1. The third-order valence-electron chi connectivity index (χ3n) is 4.32. The summed E-state index contributed by atoms with van der Waals surface area (Å²) < 4.78 is 36.3. The van der Waals surface area contributed by atoms with Crippen LogP contribution in [0.25, 0.3) is 0 Å². The monoisotopic (exact) mass is 370 g/mol. The number of nitrogens with one attached hydrogen (secondary N) is 1. The molecular weight excluding hydrogens is 344 g/mol. The van der Waals surface area contributed by atoms with E-state index in [9.17, 15) is 13.2 Å². The van der Waals surface area contributed by atoms with Crippen LogP contribution in [0.3, 0.4) is 0 Å². The number of amides is 1. The van der Waals surface area contributed by atoms with E-state index in [0.717, 1.165) is 6.42 Å². The van der Waals surface area contributed by atoms with Gasteiger partial charge >= 0.3 is 0 Å². The van der Waals surface area contributed by atoms with Crippen LogP contribution in [0.15, 0.2) is 18.2 Å². The van der Waals surface area contributed by atoms with Gasteiger partial charge in [0, 0.05) is 24.8 Å². The standard InChI is InChI=1S/C17H26N2O5S/c1-4-5-10-25(21,22)19-9-8-13(12-19)17(20)18-14-6-7-15(23-2)16(11-14)24-3/h6-7,11,13H,4-5,8-10,12H2,1-3H3,(H,18,20). The zero-order valence-corrected chi connectivity index (χ0v) is 15.8. The van der Waals surface area contributed by atoms with Crippen molar-refractivity contribution in [3.63, 3.8) is 0 Å². The first-order valence-corrected chi connectivity index (χ1v) is 10.0. The van der Waals surface area contributed by atoms with Crippen LogP contribution in [0.1, 0.15) is 26.2 Å². The van der Waals surface area contributed by atoms with Gasteiger partial charge < -0.3 is 14.8 Å². The van der Waals surface area contributed by atoms with Gasteiger partial charge in [0.15, 0.2) is 11.5 Å². The lowest BCUT2D eigenvalue weighted by Crippen LogP contribution is -2.33. The molecule has 1 aliphatic heterocycles. The minimum absolute atomic E-state index is 0.146. The number of hydrogen-bond donors (Lipinski definition) is 1. The van der Waals surface area contributed by atoms with Crippen molar-refractivity contribution in [2.24, 2.45) is 5.92 Å². The second-order valence-electron chi connectivity index (χ2n) is 6.07. The lowest BCUT2D eigenvalue weighted by Gasteiger charge is -2.16. The number of benzene rings is 1. The summed E-state index contributed by atoms with van der Waals surface area (Å²) in [6, 6.07) is 5.12. The van der Waals surface area contributed by atoms with Gasteiger partial charge in [-0.2, -0.15) is 0 Å². The lowest BCUT2D eigenvalue weighted by molar-refractivity contribution is -0.119. The Morgan fingerprint density at radius 1 is 1.28 bits per heavy atom. The number of rotatable bonds is 8. The van der Waals surface area contributed by atoms with E-state index in [0.29, 0.717) is 36.6 Å². The number of methoxy groups -OCH3 is 2. The van der Waals surface area contributed by atoms with Gasteiger partial charge in [-0.25, -0.2) is 12.7 Å². The largest absolute Gasteiger partial charge is 0.493 e. The first-order valence-electron chi connectivity index (χ1n) is 8.42. The second-order valence-corrected chi connectivity index (χ2v) is 8.16. The molecule has 1 atom stereocenters. The molecule has 0 bridgehead atoms. The summed E-state index contributed by atoms with van der Waals surface area (Å²) in [7, 11) is -0.193. The van der Waals surface area contributed by atoms with Crippen LogP contribution in [0.5, 0.6) is 11.5 Å². The number of hydrogen-bond acceptors (Lipinski definition) is 5. The number of carbonyl (C=O) groups is 1. The fourth-order valence-corrected chi connectivity index (χ4v) is 4.51. The van der Waals surface area contributed by atoms with Crippen molar-refractivity contribution in [2.75, 3.05) is 38.4 Å². The van der Waals surface area contributed by atoms with E-state index in [-0.39, 0.29) is 24.1 Å². The Labute approximate surface area is 149 Å². The lowest BCUT2D eigenvalue weighted by atomic mass is 10.1. The predicted octanol–water partition coefficient (Wildman–Crippen LogP) is 2.09. The highest BCUT2D eigenvalue weighted by atomic mass is 32.2. The molecule has 1 amide bonds. The summed E-state index contributed by atoms with van der Waals surface area (Å²) in [5, 5.41) is 2.83. The molecule has 1 saturated heterocycles. The van der Waals surface area contributed by atoms with Crippen molar-refractivity contribution in [3.05, 3.63) is 18.2 Å². The predicted molar refractivity (Wildman–Crippen MR) is 96.6 cm³/mol. The second kappa shape index (κ2) is 8.53. The van der Waals surface area contributed by atoms with Crippen molar-refractivity contribution >= 4 is 21.6 Å². The first-order chi connectivity index (χ1) is 11.9. The molecule has 1 aliphatic rings. The van der Waals surface area contributed by atoms with Crippen molar-refractivity contribution in [1.29, 1.82) is 0 Å². The van der Waals surface area contributed by atoms with Gasteiger partial charge in [0.2, 0.25) is 15.9 Å². The fraction of sp³-hybridized carbons (Fsp3) is 0.588. The van der Waals surface area contributed by atoms with E-state index in [4.69, 9.17) is 9.47 Å². The molecule has 1 heterocycles. The Kier molecular flexibility index (Phi) is 6.66. The molecule has 0 saturated carbocycles. The number of nitrogens with zero attached hydrogens (tertiary/aromatic N) is 1. The molecule has 0 radical (unpaired) electrons. The molecular formula is C17H26N2O5S. The fourth-order valence-electron chi connectivity index (χ4n) is 2.81. The van der Waals surface area contributed by atoms with E-state index in [1.807, 2.05) is 6.92 Å².